The number of hydrogen-bond donors (Lipinski definition) is 0. The molecule has 0 fully saturated rings. The van der Waals surface area contributed by atoms with Crippen molar-refractivity contribution in [2.24, 2.45) is 0 Å². The minimum atomic E-state index is 0.723. The third-order valence-electron chi connectivity index (χ3n) is 2.53. The predicted molar refractivity (Wildman–Crippen MR) is 75.9 cm³/mol. The Labute approximate surface area is 112 Å². The van der Waals surface area contributed by atoms with Crippen molar-refractivity contribution in [3.8, 4) is 5.75 Å². The van der Waals surface area contributed by atoms with Crippen LogP contribution in [0, 0.1) is 6.92 Å². The van der Waals surface area contributed by atoms with Crippen molar-refractivity contribution in [2.75, 3.05) is 7.11 Å². The Balaban J connectivity index is 2.31. The van der Waals surface area contributed by atoms with E-state index in [1.807, 2.05) is 55.5 Å². The van der Waals surface area contributed by atoms with E-state index >= 15 is 0 Å². The van der Waals surface area contributed by atoms with Crippen molar-refractivity contribution < 1.29 is 4.74 Å². The Kier molecular flexibility index (Phi) is 4.00. The van der Waals surface area contributed by atoms with E-state index in [0.717, 1.165) is 27.7 Å². The standard InChI is InChI=1S/C15H14ClNO/c1-11-6-9-15(18-2)14(17-11)8-7-12-4-3-5-13(16)10-12/h3-10H,1-2H3. The Morgan fingerprint density at radius 1 is 1.17 bits per heavy atom. The van der Waals surface area contributed by atoms with Gasteiger partial charge in [0.2, 0.25) is 0 Å². The molecule has 1 aromatic heterocycles. The van der Waals surface area contributed by atoms with Crippen LogP contribution in [-0.4, -0.2) is 12.1 Å². The zero-order valence-corrected chi connectivity index (χ0v) is 11.1. The molecule has 18 heavy (non-hydrogen) atoms. The van der Waals surface area contributed by atoms with Crippen LogP contribution in [0.2, 0.25) is 5.02 Å². The Morgan fingerprint density at radius 3 is 2.72 bits per heavy atom. The molecule has 1 heterocycles. The van der Waals surface area contributed by atoms with Gasteiger partial charge < -0.3 is 4.74 Å². The van der Waals surface area contributed by atoms with Gasteiger partial charge in [-0.05, 0) is 42.8 Å². The first-order valence-electron chi connectivity index (χ1n) is 5.64. The number of aromatic nitrogens is 1. The maximum absolute atomic E-state index is 5.94. The summed E-state index contributed by atoms with van der Waals surface area (Å²) < 4.78 is 5.27. The number of hydrogen-bond acceptors (Lipinski definition) is 2. The number of methoxy groups -OCH3 is 1. The molecule has 0 amide bonds. The lowest BCUT2D eigenvalue weighted by atomic mass is 10.2. The molecule has 0 saturated carbocycles. The summed E-state index contributed by atoms with van der Waals surface area (Å²) in [5.41, 5.74) is 2.81. The molecule has 1 aromatic carbocycles. The van der Waals surface area contributed by atoms with Crippen molar-refractivity contribution >= 4 is 23.8 Å². The van der Waals surface area contributed by atoms with E-state index in [1.54, 1.807) is 7.11 Å². The molecule has 2 rings (SSSR count). The van der Waals surface area contributed by atoms with Crippen molar-refractivity contribution in [3.05, 3.63) is 58.4 Å². The minimum absolute atomic E-state index is 0.723. The summed E-state index contributed by atoms with van der Waals surface area (Å²) in [5, 5.41) is 0.723. The van der Waals surface area contributed by atoms with Crippen LogP contribution >= 0.6 is 11.6 Å². The van der Waals surface area contributed by atoms with Crippen molar-refractivity contribution in [1.82, 2.24) is 4.98 Å². The smallest absolute Gasteiger partial charge is 0.144 e. The second-order valence-electron chi connectivity index (χ2n) is 3.93. The average molecular weight is 260 g/mol. The van der Waals surface area contributed by atoms with E-state index in [9.17, 15) is 0 Å². The first-order valence-corrected chi connectivity index (χ1v) is 6.02. The molecule has 3 heteroatoms. The maximum Gasteiger partial charge on any atom is 0.144 e. The summed E-state index contributed by atoms with van der Waals surface area (Å²) in [7, 11) is 1.64. The molecule has 0 atom stereocenters. The number of aryl methyl sites for hydroxylation is 1. The molecular weight excluding hydrogens is 246 g/mol. The lowest BCUT2D eigenvalue weighted by molar-refractivity contribution is 0.411. The van der Waals surface area contributed by atoms with Crippen LogP contribution in [0.5, 0.6) is 5.75 Å². The van der Waals surface area contributed by atoms with Gasteiger partial charge >= 0.3 is 0 Å². The second-order valence-corrected chi connectivity index (χ2v) is 4.36. The van der Waals surface area contributed by atoms with E-state index < -0.39 is 0 Å². The van der Waals surface area contributed by atoms with Gasteiger partial charge in [0.1, 0.15) is 11.4 Å². The quantitative estimate of drug-likeness (QED) is 0.823. The fraction of sp³-hybridized carbons (Fsp3) is 0.133. The summed E-state index contributed by atoms with van der Waals surface area (Å²) >= 11 is 5.94. The highest BCUT2D eigenvalue weighted by Gasteiger charge is 2.00. The molecule has 0 spiro atoms. The van der Waals surface area contributed by atoms with Crippen LogP contribution in [-0.2, 0) is 0 Å². The van der Waals surface area contributed by atoms with E-state index in [2.05, 4.69) is 4.98 Å². The predicted octanol–water partition coefficient (Wildman–Crippen LogP) is 4.22. The van der Waals surface area contributed by atoms with Gasteiger partial charge in [-0.3, -0.25) is 0 Å². The summed E-state index contributed by atoms with van der Waals surface area (Å²) in [6.45, 7) is 1.95. The van der Waals surface area contributed by atoms with Gasteiger partial charge in [0.05, 0.1) is 7.11 Å². The van der Waals surface area contributed by atoms with Crippen LogP contribution in [0.1, 0.15) is 17.0 Å². The van der Waals surface area contributed by atoms with Crippen LogP contribution in [0.3, 0.4) is 0 Å². The molecule has 0 unspecified atom stereocenters. The zero-order valence-electron chi connectivity index (χ0n) is 10.4. The highest BCUT2D eigenvalue weighted by atomic mass is 35.5. The molecule has 0 aliphatic rings. The van der Waals surface area contributed by atoms with E-state index in [-0.39, 0.29) is 0 Å². The van der Waals surface area contributed by atoms with Gasteiger partial charge in [0, 0.05) is 10.7 Å². The third kappa shape index (κ3) is 3.11. The van der Waals surface area contributed by atoms with Gasteiger partial charge in [-0.25, -0.2) is 4.98 Å². The monoisotopic (exact) mass is 259 g/mol. The van der Waals surface area contributed by atoms with Crippen LogP contribution < -0.4 is 4.74 Å². The Bertz CT molecular complexity index is 578. The number of benzene rings is 1. The van der Waals surface area contributed by atoms with Gasteiger partial charge in [-0.1, -0.05) is 29.8 Å². The Hall–Kier alpha value is -1.80. The lowest BCUT2D eigenvalue weighted by Crippen LogP contribution is -1.92. The normalized spacial score (nSPS) is 10.8. The summed E-state index contributed by atoms with van der Waals surface area (Å²) in [4.78, 5) is 4.44. The molecule has 0 aliphatic carbocycles. The molecule has 0 N–H and O–H groups in total. The van der Waals surface area contributed by atoms with Crippen LogP contribution in [0.15, 0.2) is 36.4 Å². The second kappa shape index (κ2) is 5.69. The Morgan fingerprint density at radius 2 is 2.00 bits per heavy atom. The van der Waals surface area contributed by atoms with E-state index in [0.29, 0.717) is 0 Å². The average Bonchev–Trinajstić information content (AvgIpc) is 2.37. The molecule has 92 valence electrons. The highest BCUT2D eigenvalue weighted by molar-refractivity contribution is 6.30. The molecule has 0 aliphatic heterocycles. The van der Waals surface area contributed by atoms with Crippen LogP contribution in [0.25, 0.3) is 12.2 Å². The van der Waals surface area contributed by atoms with Gasteiger partial charge in [0.25, 0.3) is 0 Å². The van der Waals surface area contributed by atoms with Gasteiger partial charge in [-0.15, -0.1) is 0 Å². The molecule has 0 radical (unpaired) electrons. The SMILES string of the molecule is COc1ccc(C)nc1C=Cc1cccc(Cl)c1. The first kappa shape index (κ1) is 12.7. The van der Waals surface area contributed by atoms with Crippen LogP contribution in [0.4, 0.5) is 0 Å². The number of halogens is 1. The lowest BCUT2D eigenvalue weighted by Gasteiger charge is -2.04. The van der Waals surface area contributed by atoms with Crippen molar-refractivity contribution in [2.45, 2.75) is 6.92 Å². The van der Waals surface area contributed by atoms with Crippen molar-refractivity contribution in [3.63, 3.8) is 0 Å². The van der Waals surface area contributed by atoms with E-state index in [4.69, 9.17) is 16.3 Å². The molecule has 2 nitrogen and oxygen atoms in total. The molecule has 0 saturated heterocycles. The first-order chi connectivity index (χ1) is 8.69. The number of pyridine rings is 1. The highest BCUT2D eigenvalue weighted by Crippen LogP contribution is 2.20. The fourth-order valence-electron chi connectivity index (χ4n) is 1.64. The summed E-state index contributed by atoms with van der Waals surface area (Å²) in [5.74, 6) is 0.763. The summed E-state index contributed by atoms with van der Waals surface area (Å²) in [6.07, 6.45) is 3.90. The fourth-order valence-corrected chi connectivity index (χ4v) is 1.84. The number of rotatable bonds is 3. The van der Waals surface area contributed by atoms with Gasteiger partial charge in [0.15, 0.2) is 0 Å². The molecule has 0 bridgehead atoms. The minimum Gasteiger partial charge on any atom is -0.494 e. The summed E-state index contributed by atoms with van der Waals surface area (Å²) in [6, 6.07) is 11.5. The molecular formula is C15H14ClNO. The number of nitrogens with zero attached hydrogens (tertiary/aromatic N) is 1. The zero-order chi connectivity index (χ0) is 13.0. The topological polar surface area (TPSA) is 22.1 Å². The third-order valence-corrected chi connectivity index (χ3v) is 2.76. The maximum atomic E-state index is 5.94. The van der Waals surface area contributed by atoms with E-state index in [1.165, 1.54) is 0 Å². The molecule has 2 aromatic rings. The largest absolute Gasteiger partial charge is 0.494 e. The van der Waals surface area contributed by atoms with Crippen molar-refractivity contribution in [1.29, 1.82) is 0 Å². The van der Waals surface area contributed by atoms with Gasteiger partial charge in [-0.2, -0.15) is 0 Å². The number of ether oxygens (including phenoxy) is 1.